The third-order valence-electron chi connectivity index (χ3n) is 4.99. The number of primary sulfonamides is 1. The number of anilines is 1. The molecule has 1 heterocycles. The van der Waals surface area contributed by atoms with E-state index < -0.39 is 45.7 Å². The molecule has 1 aromatic rings. The zero-order chi connectivity index (χ0) is 23.0. The number of allylic oxidation sites excluding steroid dienone is 1. The van der Waals surface area contributed by atoms with E-state index in [1.807, 2.05) is 0 Å². The summed E-state index contributed by atoms with van der Waals surface area (Å²) in [5.74, 6) is -2.82. The lowest BCUT2D eigenvalue weighted by molar-refractivity contribution is -0.179. The topological polar surface area (TPSA) is 127 Å². The van der Waals surface area contributed by atoms with Crippen molar-refractivity contribution in [3.63, 3.8) is 0 Å². The van der Waals surface area contributed by atoms with Gasteiger partial charge in [-0.2, -0.15) is 13.2 Å². The van der Waals surface area contributed by atoms with E-state index in [0.29, 0.717) is 17.3 Å². The number of nitrogens with one attached hydrogen (secondary N) is 1. The molecule has 2 fully saturated rings. The summed E-state index contributed by atoms with van der Waals surface area (Å²) in [6, 6.07) is 4.97. The van der Waals surface area contributed by atoms with Crippen molar-refractivity contribution in [2.75, 3.05) is 11.9 Å². The molecule has 0 radical (unpaired) electrons. The maximum Gasteiger partial charge on any atom is 0.391 e. The number of rotatable bonds is 4. The van der Waals surface area contributed by atoms with Gasteiger partial charge in [-0.25, -0.2) is 13.6 Å². The fourth-order valence-corrected chi connectivity index (χ4v) is 4.84. The Morgan fingerprint density at radius 2 is 1.74 bits per heavy atom. The summed E-state index contributed by atoms with van der Waals surface area (Å²) in [7, 11) is -3.89. The second-order valence-corrected chi connectivity index (χ2v) is 9.65. The molecule has 2 aliphatic rings. The molecule has 1 saturated carbocycles. The van der Waals surface area contributed by atoms with E-state index in [1.54, 1.807) is 0 Å². The molecular weight excluding hydrogens is 459 g/mol. The molecule has 31 heavy (non-hydrogen) atoms. The predicted molar refractivity (Wildman–Crippen MR) is 106 cm³/mol. The lowest BCUT2D eigenvalue weighted by atomic mass is 9.85. The molecule has 8 nitrogen and oxygen atoms in total. The van der Waals surface area contributed by atoms with Crippen LogP contribution >= 0.6 is 11.8 Å². The Balaban J connectivity index is 1.63. The Bertz CT molecular complexity index is 1040. The van der Waals surface area contributed by atoms with Gasteiger partial charge in [0.05, 0.1) is 15.7 Å². The van der Waals surface area contributed by atoms with Crippen LogP contribution in [0.3, 0.4) is 0 Å². The van der Waals surface area contributed by atoms with Gasteiger partial charge in [0.1, 0.15) is 6.54 Å². The first kappa shape index (κ1) is 23.3. The number of benzene rings is 1. The summed E-state index contributed by atoms with van der Waals surface area (Å²) >= 11 is 0.625. The Labute approximate surface area is 180 Å². The van der Waals surface area contributed by atoms with Gasteiger partial charge >= 0.3 is 6.18 Å². The van der Waals surface area contributed by atoms with Crippen molar-refractivity contribution in [1.29, 1.82) is 0 Å². The standard InChI is InChI=1S/C18H18F3N3O5S2/c19-18(20,21)11-3-1-10(2-4-11)15-16(26)24(17(27)30-15)9-14(25)23-12-5-7-13(8-6-12)31(22,28)29/h5-8,11H,1-4,9H2,(H,23,25)(H2,22,28,29). The second kappa shape index (κ2) is 8.63. The number of sulfonamides is 1. The molecular formula is C18H18F3N3O5S2. The summed E-state index contributed by atoms with van der Waals surface area (Å²) in [6.07, 6.45) is -4.42. The number of hydrogen-bond donors (Lipinski definition) is 2. The van der Waals surface area contributed by atoms with E-state index in [0.717, 1.165) is 4.90 Å². The molecule has 1 saturated heterocycles. The number of nitrogens with zero attached hydrogens (tertiary/aromatic N) is 1. The fraction of sp³-hybridized carbons (Fsp3) is 0.389. The minimum Gasteiger partial charge on any atom is -0.325 e. The number of carbonyl (C=O) groups excluding carboxylic acids is 3. The maximum atomic E-state index is 12.8. The van der Waals surface area contributed by atoms with Crippen molar-refractivity contribution < 1.29 is 36.0 Å². The highest BCUT2D eigenvalue weighted by Gasteiger charge is 2.43. The Hall–Kier alpha value is -2.38. The molecule has 3 rings (SSSR count). The SMILES string of the molecule is NS(=O)(=O)c1ccc(NC(=O)CN2C(=O)SC(=C3CCC(C(F)(F)F)CC3)C2=O)cc1. The van der Waals surface area contributed by atoms with Crippen molar-refractivity contribution in [3.8, 4) is 0 Å². The smallest absolute Gasteiger partial charge is 0.325 e. The summed E-state index contributed by atoms with van der Waals surface area (Å²) in [6.45, 7) is -0.580. The number of halogens is 3. The van der Waals surface area contributed by atoms with E-state index >= 15 is 0 Å². The number of amides is 3. The van der Waals surface area contributed by atoms with Crippen LogP contribution in [0.15, 0.2) is 39.6 Å². The first-order valence-electron chi connectivity index (χ1n) is 9.11. The normalized spacial score (nSPS) is 20.4. The molecule has 168 valence electrons. The van der Waals surface area contributed by atoms with E-state index in [4.69, 9.17) is 5.14 Å². The van der Waals surface area contributed by atoms with Crippen LogP contribution in [0.1, 0.15) is 25.7 Å². The van der Waals surface area contributed by atoms with Gasteiger partial charge < -0.3 is 5.32 Å². The van der Waals surface area contributed by atoms with Gasteiger partial charge in [0.2, 0.25) is 15.9 Å². The summed E-state index contributed by atoms with van der Waals surface area (Å²) < 4.78 is 60.9. The van der Waals surface area contributed by atoms with Crippen LogP contribution in [0.2, 0.25) is 0 Å². The zero-order valence-corrected chi connectivity index (χ0v) is 17.6. The summed E-state index contributed by atoms with van der Waals surface area (Å²) in [5.41, 5.74) is 0.735. The van der Waals surface area contributed by atoms with E-state index in [2.05, 4.69) is 5.32 Å². The first-order valence-corrected chi connectivity index (χ1v) is 11.5. The number of hydrogen-bond acceptors (Lipinski definition) is 6. The van der Waals surface area contributed by atoms with Crippen molar-refractivity contribution in [1.82, 2.24) is 4.90 Å². The fourth-order valence-electron chi connectivity index (χ4n) is 3.34. The summed E-state index contributed by atoms with van der Waals surface area (Å²) in [5, 5.41) is 6.75. The van der Waals surface area contributed by atoms with Crippen LogP contribution in [0, 0.1) is 5.92 Å². The summed E-state index contributed by atoms with van der Waals surface area (Å²) in [4.78, 5) is 37.7. The van der Waals surface area contributed by atoms with Crippen LogP contribution in [-0.2, 0) is 19.6 Å². The van der Waals surface area contributed by atoms with E-state index in [9.17, 15) is 36.0 Å². The molecule has 0 bridgehead atoms. The largest absolute Gasteiger partial charge is 0.391 e. The number of thioether (sulfide) groups is 1. The monoisotopic (exact) mass is 477 g/mol. The third kappa shape index (κ3) is 5.46. The molecule has 3 amide bonds. The van der Waals surface area contributed by atoms with Crippen LogP contribution in [0.4, 0.5) is 23.7 Å². The number of alkyl halides is 3. The minimum absolute atomic E-state index is 0.0714. The van der Waals surface area contributed by atoms with Gasteiger partial charge in [0.25, 0.3) is 11.1 Å². The van der Waals surface area contributed by atoms with Gasteiger partial charge in [0, 0.05) is 5.69 Å². The Kier molecular flexibility index (Phi) is 6.48. The average Bonchev–Trinajstić information content (AvgIpc) is 2.95. The Morgan fingerprint density at radius 1 is 1.16 bits per heavy atom. The molecule has 0 aromatic heterocycles. The highest BCUT2D eigenvalue weighted by Crippen LogP contribution is 2.43. The molecule has 0 spiro atoms. The lowest BCUT2D eigenvalue weighted by Gasteiger charge is -2.26. The van der Waals surface area contributed by atoms with Crippen LogP contribution < -0.4 is 10.5 Å². The highest BCUT2D eigenvalue weighted by molar-refractivity contribution is 8.18. The van der Waals surface area contributed by atoms with Gasteiger partial charge in [0.15, 0.2) is 0 Å². The van der Waals surface area contributed by atoms with Crippen molar-refractivity contribution in [3.05, 3.63) is 34.7 Å². The lowest BCUT2D eigenvalue weighted by Crippen LogP contribution is -2.36. The third-order valence-corrected chi connectivity index (χ3v) is 6.98. The molecule has 0 unspecified atom stereocenters. The molecule has 1 aliphatic carbocycles. The van der Waals surface area contributed by atoms with Crippen LogP contribution in [0.5, 0.6) is 0 Å². The van der Waals surface area contributed by atoms with Gasteiger partial charge in [-0.05, 0) is 61.7 Å². The van der Waals surface area contributed by atoms with E-state index in [1.165, 1.54) is 24.3 Å². The Morgan fingerprint density at radius 3 is 2.26 bits per heavy atom. The maximum absolute atomic E-state index is 12.8. The predicted octanol–water partition coefficient (Wildman–Crippen LogP) is 2.97. The quantitative estimate of drug-likeness (QED) is 0.642. The molecule has 1 aliphatic heterocycles. The molecule has 0 atom stereocenters. The van der Waals surface area contributed by atoms with E-state index in [-0.39, 0.29) is 41.2 Å². The van der Waals surface area contributed by atoms with Crippen molar-refractivity contribution in [2.45, 2.75) is 36.8 Å². The number of imide groups is 1. The molecule has 13 heteroatoms. The van der Waals surface area contributed by atoms with Crippen molar-refractivity contribution in [2.24, 2.45) is 11.1 Å². The average molecular weight is 477 g/mol. The highest BCUT2D eigenvalue weighted by atomic mass is 32.2. The zero-order valence-electron chi connectivity index (χ0n) is 15.9. The van der Waals surface area contributed by atoms with Gasteiger partial charge in [-0.3, -0.25) is 19.3 Å². The molecule has 1 aromatic carbocycles. The first-order chi connectivity index (χ1) is 14.4. The van der Waals surface area contributed by atoms with Crippen LogP contribution in [0.25, 0.3) is 0 Å². The second-order valence-electron chi connectivity index (χ2n) is 7.13. The molecule has 3 N–H and O–H groups in total. The minimum atomic E-state index is -4.28. The van der Waals surface area contributed by atoms with Crippen LogP contribution in [-0.4, -0.2) is 43.1 Å². The number of carbonyl (C=O) groups is 3. The van der Waals surface area contributed by atoms with Gasteiger partial charge in [-0.15, -0.1) is 0 Å². The van der Waals surface area contributed by atoms with Gasteiger partial charge in [-0.1, -0.05) is 5.57 Å². The van der Waals surface area contributed by atoms with Crippen molar-refractivity contribution >= 4 is 44.5 Å². The number of nitrogens with two attached hydrogens (primary N) is 1.